The van der Waals surface area contributed by atoms with Crippen molar-refractivity contribution in [2.24, 2.45) is 5.92 Å². The van der Waals surface area contributed by atoms with Crippen LogP contribution in [-0.2, 0) is 24.3 Å². The Morgan fingerprint density at radius 2 is 2.09 bits per heavy atom. The van der Waals surface area contributed by atoms with Crippen molar-refractivity contribution in [3.05, 3.63) is 11.6 Å². The van der Waals surface area contributed by atoms with Gasteiger partial charge in [-0.25, -0.2) is 0 Å². The molecule has 3 aliphatic rings. The molecular weight excluding hydrogens is 278 g/mol. The van der Waals surface area contributed by atoms with Gasteiger partial charge in [0.2, 0.25) is 5.91 Å². The number of piperidine rings is 1. The molecule has 0 radical (unpaired) electrons. The molecule has 1 amide bonds. The van der Waals surface area contributed by atoms with Gasteiger partial charge >= 0.3 is 0 Å². The quantitative estimate of drug-likeness (QED) is 0.834. The summed E-state index contributed by atoms with van der Waals surface area (Å²) in [6, 6.07) is 0.364. The highest BCUT2D eigenvalue weighted by molar-refractivity contribution is 5.81. The number of likely N-dealkylation sites (tertiary alicyclic amines) is 1. The molecule has 3 heterocycles. The summed E-state index contributed by atoms with van der Waals surface area (Å²) in [6.07, 6.45) is 6.72. The highest BCUT2D eigenvalue weighted by Gasteiger charge is 2.36. The van der Waals surface area contributed by atoms with Crippen LogP contribution in [0.4, 0.5) is 0 Å². The number of hydrogen-bond donors (Lipinski definition) is 0. The number of carbonyl (C=O) groups excluding carboxylic acids is 1. The van der Waals surface area contributed by atoms with Crippen molar-refractivity contribution < 1.29 is 4.79 Å². The zero-order valence-electron chi connectivity index (χ0n) is 13.4. The smallest absolute Gasteiger partial charge is 0.225 e. The van der Waals surface area contributed by atoms with E-state index >= 15 is 0 Å². The van der Waals surface area contributed by atoms with Gasteiger partial charge < -0.3 is 9.47 Å². The topological polar surface area (TPSA) is 54.3 Å². The van der Waals surface area contributed by atoms with Crippen molar-refractivity contribution in [2.75, 3.05) is 20.1 Å². The summed E-state index contributed by atoms with van der Waals surface area (Å²) in [5.74, 6) is 2.92. The number of amides is 1. The number of aryl methyl sites for hydroxylation is 1. The molecule has 120 valence electrons. The Bertz CT molecular complexity index is 565. The molecule has 0 aromatic carbocycles. The fourth-order valence-corrected chi connectivity index (χ4v) is 3.82. The van der Waals surface area contributed by atoms with Crippen molar-refractivity contribution in [3.8, 4) is 0 Å². The molecule has 1 unspecified atom stereocenters. The largest absolute Gasteiger partial charge is 0.341 e. The molecule has 0 bridgehead atoms. The summed E-state index contributed by atoms with van der Waals surface area (Å²) in [4.78, 5) is 16.7. The van der Waals surface area contributed by atoms with E-state index in [1.54, 1.807) is 0 Å². The summed E-state index contributed by atoms with van der Waals surface area (Å²) in [7, 11) is 1.99. The molecular formula is C16H25N5O. The SMILES string of the molecule is CN(C(=O)C1CC1)C1CCCN(Cc2nnc3n2CCC3)C1. The Kier molecular flexibility index (Phi) is 3.64. The van der Waals surface area contributed by atoms with Crippen LogP contribution in [0, 0.1) is 5.92 Å². The van der Waals surface area contributed by atoms with Gasteiger partial charge in [-0.2, -0.15) is 0 Å². The fraction of sp³-hybridized carbons (Fsp3) is 0.812. The zero-order valence-corrected chi connectivity index (χ0v) is 13.4. The first-order valence-electron chi connectivity index (χ1n) is 8.62. The molecule has 22 heavy (non-hydrogen) atoms. The standard InChI is InChI=1S/C16H25N5O/c1-19(16(22)12-6-7-12)13-4-2-8-20(10-13)11-15-18-17-14-5-3-9-21(14)15/h12-13H,2-11H2,1H3. The predicted octanol–water partition coefficient (Wildman–Crippen LogP) is 1.06. The van der Waals surface area contributed by atoms with Crippen molar-refractivity contribution in [1.29, 1.82) is 0 Å². The monoisotopic (exact) mass is 303 g/mol. The third kappa shape index (κ3) is 2.64. The first-order valence-corrected chi connectivity index (χ1v) is 8.62. The van der Waals surface area contributed by atoms with Crippen LogP contribution >= 0.6 is 0 Å². The lowest BCUT2D eigenvalue weighted by molar-refractivity contribution is -0.134. The average molecular weight is 303 g/mol. The first-order chi connectivity index (χ1) is 10.7. The van der Waals surface area contributed by atoms with Crippen LogP contribution in [0.2, 0.25) is 0 Å². The minimum absolute atomic E-state index is 0.320. The maximum Gasteiger partial charge on any atom is 0.225 e. The van der Waals surface area contributed by atoms with Crippen molar-refractivity contribution in [3.63, 3.8) is 0 Å². The van der Waals surface area contributed by atoms with E-state index in [9.17, 15) is 4.79 Å². The Labute approximate surface area is 131 Å². The lowest BCUT2D eigenvalue weighted by atomic mass is 10.0. The van der Waals surface area contributed by atoms with Crippen LogP contribution in [0.1, 0.15) is 43.8 Å². The molecule has 1 saturated heterocycles. The van der Waals surface area contributed by atoms with Crippen molar-refractivity contribution in [2.45, 2.75) is 57.7 Å². The minimum Gasteiger partial charge on any atom is -0.341 e. The van der Waals surface area contributed by atoms with Crippen LogP contribution < -0.4 is 0 Å². The first kappa shape index (κ1) is 14.2. The number of carbonyl (C=O) groups is 1. The number of aromatic nitrogens is 3. The van der Waals surface area contributed by atoms with Gasteiger partial charge in [0, 0.05) is 38.5 Å². The third-order valence-corrected chi connectivity index (χ3v) is 5.35. The summed E-state index contributed by atoms with van der Waals surface area (Å²) in [5.41, 5.74) is 0. The van der Waals surface area contributed by atoms with E-state index in [0.29, 0.717) is 17.9 Å². The van der Waals surface area contributed by atoms with Crippen LogP contribution in [-0.4, -0.2) is 56.7 Å². The number of fused-ring (bicyclic) bond motifs is 1. The predicted molar refractivity (Wildman–Crippen MR) is 82.1 cm³/mol. The second-order valence-electron chi connectivity index (χ2n) is 7.04. The molecule has 1 aromatic heterocycles. The second kappa shape index (κ2) is 5.65. The maximum atomic E-state index is 12.3. The van der Waals surface area contributed by atoms with E-state index in [4.69, 9.17) is 0 Å². The molecule has 2 aliphatic heterocycles. The lowest BCUT2D eigenvalue weighted by Crippen LogP contribution is -2.48. The average Bonchev–Trinajstić information content (AvgIpc) is 3.17. The Balaban J connectivity index is 1.39. The number of nitrogens with zero attached hydrogens (tertiary/aromatic N) is 5. The third-order valence-electron chi connectivity index (χ3n) is 5.35. The molecule has 0 N–H and O–H groups in total. The molecule has 0 spiro atoms. The second-order valence-corrected chi connectivity index (χ2v) is 7.04. The van der Waals surface area contributed by atoms with E-state index in [2.05, 4.69) is 19.7 Å². The van der Waals surface area contributed by atoms with E-state index in [-0.39, 0.29) is 0 Å². The lowest BCUT2D eigenvalue weighted by Gasteiger charge is -2.37. The molecule has 1 saturated carbocycles. The summed E-state index contributed by atoms with van der Waals surface area (Å²) in [6.45, 7) is 4.01. The van der Waals surface area contributed by atoms with E-state index in [0.717, 1.165) is 69.9 Å². The highest BCUT2D eigenvalue weighted by Crippen LogP contribution is 2.32. The number of likely N-dealkylation sites (N-methyl/N-ethyl adjacent to an activating group) is 1. The maximum absolute atomic E-state index is 12.3. The van der Waals surface area contributed by atoms with Gasteiger partial charge in [0.05, 0.1) is 6.54 Å². The van der Waals surface area contributed by atoms with Gasteiger partial charge in [-0.15, -0.1) is 10.2 Å². The molecule has 6 heteroatoms. The summed E-state index contributed by atoms with van der Waals surface area (Å²) >= 11 is 0. The van der Waals surface area contributed by atoms with Crippen LogP contribution in [0.5, 0.6) is 0 Å². The van der Waals surface area contributed by atoms with Crippen molar-refractivity contribution >= 4 is 5.91 Å². The van der Waals surface area contributed by atoms with Crippen LogP contribution in [0.25, 0.3) is 0 Å². The number of hydrogen-bond acceptors (Lipinski definition) is 4. The van der Waals surface area contributed by atoms with Gasteiger partial charge in [0.25, 0.3) is 0 Å². The molecule has 1 atom stereocenters. The molecule has 1 aliphatic carbocycles. The van der Waals surface area contributed by atoms with Crippen LogP contribution in [0.3, 0.4) is 0 Å². The Hall–Kier alpha value is -1.43. The summed E-state index contributed by atoms with van der Waals surface area (Å²) in [5, 5.41) is 8.66. The number of rotatable bonds is 4. The zero-order chi connectivity index (χ0) is 15.1. The van der Waals surface area contributed by atoms with E-state index in [1.807, 2.05) is 11.9 Å². The van der Waals surface area contributed by atoms with E-state index < -0.39 is 0 Å². The van der Waals surface area contributed by atoms with Crippen LogP contribution in [0.15, 0.2) is 0 Å². The van der Waals surface area contributed by atoms with Gasteiger partial charge in [-0.05, 0) is 38.6 Å². The molecule has 2 fully saturated rings. The van der Waals surface area contributed by atoms with Crippen molar-refractivity contribution in [1.82, 2.24) is 24.6 Å². The minimum atomic E-state index is 0.320. The molecule has 1 aromatic rings. The molecule has 4 rings (SSSR count). The van der Waals surface area contributed by atoms with E-state index in [1.165, 1.54) is 6.42 Å². The van der Waals surface area contributed by atoms with Gasteiger partial charge in [0.1, 0.15) is 11.6 Å². The Morgan fingerprint density at radius 3 is 2.91 bits per heavy atom. The van der Waals surface area contributed by atoms with Gasteiger partial charge in [0.15, 0.2) is 0 Å². The highest BCUT2D eigenvalue weighted by atomic mass is 16.2. The Morgan fingerprint density at radius 1 is 1.23 bits per heavy atom. The van der Waals surface area contributed by atoms with Gasteiger partial charge in [-0.1, -0.05) is 0 Å². The van der Waals surface area contributed by atoms with Gasteiger partial charge in [-0.3, -0.25) is 9.69 Å². The fourth-order valence-electron chi connectivity index (χ4n) is 3.82. The normalized spacial score (nSPS) is 25.2. The summed E-state index contributed by atoms with van der Waals surface area (Å²) < 4.78 is 2.28. The molecule has 6 nitrogen and oxygen atoms in total.